The monoisotopic (exact) mass is 312 g/mol. The van der Waals surface area contributed by atoms with E-state index in [-0.39, 0.29) is 5.97 Å². The van der Waals surface area contributed by atoms with Crippen molar-refractivity contribution in [3.05, 3.63) is 16.5 Å². The van der Waals surface area contributed by atoms with Crippen LogP contribution in [0.5, 0.6) is 0 Å². The Balaban J connectivity index is 2.07. The van der Waals surface area contributed by atoms with Gasteiger partial charge in [-0.25, -0.2) is 9.97 Å². The minimum Gasteiger partial charge on any atom is -0.468 e. The Morgan fingerprint density at radius 1 is 1.29 bits per heavy atom. The van der Waals surface area contributed by atoms with Gasteiger partial charge in [-0.3, -0.25) is 9.69 Å². The maximum Gasteiger partial charge on any atom is 0.319 e. The Morgan fingerprint density at radius 3 is 2.52 bits per heavy atom. The number of anilines is 1. The molecular weight excluding hydrogens is 292 g/mol. The predicted octanol–water partition coefficient (Wildman–Crippen LogP) is 1.30. The predicted molar refractivity (Wildman–Crippen MR) is 81.8 cm³/mol. The largest absolute Gasteiger partial charge is 0.468 e. The van der Waals surface area contributed by atoms with Gasteiger partial charge in [0.25, 0.3) is 0 Å². The average Bonchev–Trinajstić information content (AvgIpc) is 2.47. The zero-order chi connectivity index (χ0) is 15.4. The number of rotatable bonds is 4. The van der Waals surface area contributed by atoms with Crippen molar-refractivity contribution in [2.75, 3.05) is 44.7 Å². The molecule has 0 aliphatic carbocycles. The van der Waals surface area contributed by atoms with Crippen molar-refractivity contribution in [1.82, 2.24) is 14.9 Å². The number of carbonyl (C=O) groups is 1. The van der Waals surface area contributed by atoms with Gasteiger partial charge in [-0.2, -0.15) is 0 Å². The molecule has 1 aromatic rings. The number of hydrogen-bond donors (Lipinski definition) is 0. The van der Waals surface area contributed by atoms with Crippen LogP contribution in [0.2, 0.25) is 5.15 Å². The maximum atomic E-state index is 11.3. The molecule has 7 heteroatoms. The molecule has 0 radical (unpaired) electrons. The summed E-state index contributed by atoms with van der Waals surface area (Å²) in [6, 6.07) is 0. The standard InChI is InChI=1S/C14H21ClN4O2/c1-4-11-13(15)16-10(2)17-14(11)19-7-5-18(6-8-19)9-12(20)21-3/h4-9H2,1-3H3. The highest BCUT2D eigenvalue weighted by Crippen LogP contribution is 2.25. The van der Waals surface area contributed by atoms with Gasteiger partial charge in [0.15, 0.2) is 0 Å². The average molecular weight is 313 g/mol. The smallest absolute Gasteiger partial charge is 0.319 e. The lowest BCUT2D eigenvalue weighted by atomic mass is 10.2. The SMILES string of the molecule is CCc1c(Cl)nc(C)nc1N1CCN(CC(=O)OC)CC1. The summed E-state index contributed by atoms with van der Waals surface area (Å²) >= 11 is 6.22. The van der Waals surface area contributed by atoms with Crippen LogP contribution in [0.3, 0.4) is 0 Å². The number of methoxy groups -OCH3 is 1. The molecule has 0 saturated carbocycles. The number of carbonyl (C=O) groups excluding carboxylic acids is 1. The Hall–Kier alpha value is -1.40. The number of aryl methyl sites for hydroxylation is 1. The molecule has 2 rings (SSSR count). The minimum atomic E-state index is -0.196. The van der Waals surface area contributed by atoms with Crippen LogP contribution in [0.4, 0.5) is 5.82 Å². The summed E-state index contributed by atoms with van der Waals surface area (Å²) < 4.78 is 4.70. The minimum absolute atomic E-state index is 0.196. The first kappa shape index (κ1) is 16.0. The summed E-state index contributed by atoms with van der Waals surface area (Å²) in [5.41, 5.74) is 0.990. The molecule has 116 valence electrons. The molecule has 1 fully saturated rings. The van der Waals surface area contributed by atoms with Crippen LogP contribution in [0, 0.1) is 6.92 Å². The van der Waals surface area contributed by atoms with Gasteiger partial charge in [-0.1, -0.05) is 18.5 Å². The van der Waals surface area contributed by atoms with Gasteiger partial charge in [-0.05, 0) is 13.3 Å². The molecule has 0 bridgehead atoms. The topological polar surface area (TPSA) is 58.6 Å². The van der Waals surface area contributed by atoms with Crippen LogP contribution in [0.1, 0.15) is 18.3 Å². The molecule has 21 heavy (non-hydrogen) atoms. The van der Waals surface area contributed by atoms with Crippen LogP contribution in [0.25, 0.3) is 0 Å². The van der Waals surface area contributed by atoms with Crippen LogP contribution < -0.4 is 4.90 Å². The third-order valence-corrected chi connectivity index (χ3v) is 3.96. The number of esters is 1. The van der Waals surface area contributed by atoms with Crippen LogP contribution >= 0.6 is 11.6 Å². The number of ether oxygens (including phenoxy) is 1. The van der Waals surface area contributed by atoms with E-state index in [0.29, 0.717) is 17.5 Å². The molecule has 0 unspecified atom stereocenters. The molecule has 0 N–H and O–H groups in total. The van der Waals surface area contributed by atoms with E-state index in [1.165, 1.54) is 7.11 Å². The second-order valence-corrected chi connectivity index (χ2v) is 5.41. The van der Waals surface area contributed by atoms with Crippen molar-refractivity contribution in [2.45, 2.75) is 20.3 Å². The van der Waals surface area contributed by atoms with Crippen LogP contribution in [-0.2, 0) is 16.0 Å². The quantitative estimate of drug-likeness (QED) is 0.617. The molecule has 2 heterocycles. The zero-order valence-electron chi connectivity index (χ0n) is 12.7. The van der Waals surface area contributed by atoms with Gasteiger partial charge < -0.3 is 9.64 Å². The van der Waals surface area contributed by atoms with Crippen molar-refractivity contribution in [2.24, 2.45) is 0 Å². The number of nitrogens with zero attached hydrogens (tertiary/aromatic N) is 4. The van der Waals surface area contributed by atoms with E-state index in [0.717, 1.165) is 44.0 Å². The molecule has 0 aromatic carbocycles. The van der Waals surface area contributed by atoms with E-state index in [4.69, 9.17) is 16.3 Å². The van der Waals surface area contributed by atoms with Crippen LogP contribution in [-0.4, -0.2) is 60.7 Å². The summed E-state index contributed by atoms with van der Waals surface area (Å²) in [6.07, 6.45) is 0.802. The lowest BCUT2D eigenvalue weighted by molar-refractivity contribution is -0.142. The Morgan fingerprint density at radius 2 is 1.95 bits per heavy atom. The Bertz CT molecular complexity index is 516. The molecule has 1 aliphatic rings. The van der Waals surface area contributed by atoms with Crippen molar-refractivity contribution in [3.63, 3.8) is 0 Å². The summed E-state index contributed by atoms with van der Waals surface area (Å²) in [7, 11) is 1.41. The first-order valence-corrected chi connectivity index (χ1v) is 7.50. The Kier molecular flexibility index (Phi) is 5.36. The van der Waals surface area contributed by atoms with Gasteiger partial charge in [0.1, 0.15) is 16.8 Å². The second kappa shape index (κ2) is 7.04. The summed E-state index contributed by atoms with van der Waals surface area (Å²) in [5.74, 6) is 1.41. The third-order valence-electron chi connectivity index (χ3n) is 3.65. The highest BCUT2D eigenvalue weighted by molar-refractivity contribution is 6.30. The van der Waals surface area contributed by atoms with E-state index in [1.54, 1.807) is 0 Å². The van der Waals surface area contributed by atoms with Crippen LogP contribution in [0.15, 0.2) is 0 Å². The third kappa shape index (κ3) is 3.83. The number of hydrogen-bond acceptors (Lipinski definition) is 6. The summed E-state index contributed by atoms with van der Waals surface area (Å²) in [5, 5.41) is 0.539. The summed E-state index contributed by atoms with van der Waals surface area (Å²) in [4.78, 5) is 24.4. The van der Waals surface area contributed by atoms with Crippen molar-refractivity contribution in [1.29, 1.82) is 0 Å². The fourth-order valence-electron chi connectivity index (χ4n) is 2.48. The molecule has 1 aliphatic heterocycles. The second-order valence-electron chi connectivity index (χ2n) is 5.06. The van der Waals surface area contributed by atoms with E-state index in [9.17, 15) is 4.79 Å². The fraction of sp³-hybridized carbons (Fsp3) is 0.643. The molecule has 6 nitrogen and oxygen atoms in total. The highest BCUT2D eigenvalue weighted by atomic mass is 35.5. The fourth-order valence-corrected chi connectivity index (χ4v) is 2.82. The van der Waals surface area contributed by atoms with Gasteiger partial charge in [-0.15, -0.1) is 0 Å². The molecule has 0 spiro atoms. The van der Waals surface area contributed by atoms with E-state index in [1.807, 2.05) is 6.92 Å². The van der Waals surface area contributed by atoms with Crippen molar-refractivity contribution < 1.29 is 9.53 Å². The first-order valence-electron chi connectivity index (χ1n) is 7.12. The molecule has 0 atom stereocenters. The van der Waals surface area contributed by atoms with Gasteiger partial charge in [0.2, 0.25) is 0 Å². The zero-order valence-corrected chi connectivity index (χ0v) is 13.5. The van der Waals surface area contributed by atoms with Gasteiger partial charge in [0.05, 0.1) is 13.7 Å². The maximum absolute atomic E-state index is 11.3. The van der Waals surface area contributed by atoms with Gasteiger partial charge in [0, 0.05) is 31.7 Å². The van der Waals surface area contributed by atoms with Crippen molar-refractivity contribution in [3.8, 4) is 0 Å². The normalized spacial score (nSPS) is 16.1. The van der Waals surface area contributed by atoms with Crippen molar-refractivity contribution >= 4 is 23.4 Å². The number of aromatic nitrogens is 2. The Labute approximate surface area is 130 Å². The number of halogens is 1. The molecular formula is C14H21ClN4O2. The molecule has 0 amide bonds. The summed E-state index contributed by atoms with van der Waals surface area (Å²) in [6.45, 7) is 7.49. The van der Waals surface area contributed by atoms with E-state index < -0.39 is 0 Å². The van der Waals surface area contributed by atoms with Gasteiger partial charge >= 0.3 is 5.97 Å². The molecule has 1 saturated heterocycles. The molecule has 1 aromatic heterocycles. The number of piperazine rings is 1. The van der Waals surface area contributed by atoms with E-state index in [2.05, 4.69) is 26.7 Å². The highest BCUT2D eigenvalue weighted by Gasteiger charge is 2.23. The lowest BCUT2D eigenvalue weighted by Crippen LogP contribution is -2.48. The lowest BCUT2D eigenvalue weighted by Gasteiger charge is -2.35. The van der Waals surface area contributed by atoms with E-state index >= 15 is 0 Å². The first-order chi connectivity index (χ1) is 10.0.